The van der Waals surface area contributed by atoms with Crippen LogP contribution in [-0.2, 0) is 20.8 Å². The van der Waals surface area contributed by atoms with E-state index in [9.17, 15) is 0 Å². The zero-order valence-corrected chi connectivity index (χ0v) is 10.4. The van der Waals surface area contributed by atoms with Gasteiger partial charge in [0, 0.05) is 20.8 Å². The monoisotopic (exact) mass is 350 g/mol. The van der Waals surface area contributed by atoms with Crippen LogP contribution in [0.2, 0.25) is 0 Å². The second-order valence-electron chi connectivity index (χ2n) is 0.816. The second kappa shape index (κ2) is 8.67. The van der Waals surface area contributed by atoms with Crippen molar-refractivity contribution in [3.63, 3.8) is 0 Å². The molecule has 0 saturated heterocycles. The van der Waals surface area contributed by atoms with E-state index in [1.165, 1.54) is 0 Å². The third-order valence-electron chi connectivity index (χ3n) is 0. The number of hydrogen-bond donors (Lipinski definition) is 1. The van der Waals surface area contributed by atoms with Crippen LogP contribution in [0.3, 0.4) is 0 Å². The fourth-order valence-corrected chi connectivity index (χ4v) is 0. The summed E-state index contributed by atoms with van der Waals surface area (Å²) in [4.78, 5) is 0. The first-order valence-corrected chi connectivity index (χ1v) is 4.00. The van der Waals surface area contributed by atoms with Crippen LogP contribution in [0.1, 0.15) is 0 Å². The summed E-state index contributed by atoms with van der Waals surface area (Å²) in [5.41, 5.74) is 0. The summed E-state index contributed by atoms with van der Waals surface area (Å²) < 4.78 is 68.2. The van der Waals surface area contributed by atoms with Crippen molar-refractivity contribution >= 4 is 20.8 Å². The predicted octanol–water partition coefficient (Wildman–Crippen LogP) is -2.30. The van der Waals surface area contributed by atoms with Crippen LogP contribution in [0, 0.1) is 41.7 Å². The Morgan fingerprint density at radius 2 is 0.667 bits per heavy atom. The predicted molar refractivity (Wildman–Crippen MR) is 26.9 cm³/mol. The topological polar surface area (TPSA) is 197 Å². The second-order valence-corrected chi connectivity index (χ2v) is 2.45. The molecule has 0 amide bonds. The zero-order valence-electron chi connectivity index (χ0n) is 5.58. The van der Waals surface area contributed by atoms with Gasteiger partial charge in [-0.2, -0.15) is 0 Å². The Bertz CT molecular complexity index is 213. The van der Waals surface area contributed by atoms with Crippen molar-refractivity contribution in [1.29, 1.82) is 0 Å². The van der Waals surface area contributed by atoms with Gasteiger partial charge in [0.25, 0.3) is 0 Å². The van der Waals surface area contributed by atoms with Crippen LogP contribution in [0.15, 0.2) is 0 Å². The third kappa shape index (κ3) is 970. The van der Waals surface area contributed by atoms with E-state index in [1.807, 2.05) is 0 Å². The molecule has 0 aliphatic rings. The molecule has 4 N–H and O–H groups in total. The van der Waals surface area contributed by atoms with Crippen molar-refractivity contribution < 1.29 is 76.8 Å². The van der Waals surface area contributed by atoms with Gasteiger partial charge in [0.15, 0.2) is 0 Å². The molecule has 0 aliphatic heterocycles. The van der Waals surface area contributed by atoms with Gasteiger partial charge in [0.1, 0.15) is 0 Å². The average Bonchev–Trinajstić information content (AvgIpc) is 1.12. The summed E-state index contributed by atoms with van der Waals surface area (Å²) in [5.74, 6) is 0. The first-order valence-electron chi connectivity index (χ1n) is 1.33. The summed E-state index contributed by atoms with van der Waals surface area (Å²) >= 11 is 0. The van der Waals surface area contributed by atoms with Crippen LogP contribution >= 0.6 is 0 Å². The first kappa shape index (κ1) is 23.1. The van der Waals surface area contributed by atoms with Crippen LogP contribution < -0.4 is 6.15 Å². The Kier molecular flexibility index (Phi) is 16.7. The van der Waals surface area contributed by atoms with E-state index in [0.29, 0.717) is 0 Å². The van der Waals surface area contributed by atoms with Crippen molar-refractivity contribution in [1.82, 2.24) is 6.15 Å². The van der Waals surface area contributed by atoms with E-state index < -0.39 is 20.8 Å². The third-order valence-corrected chi connectivity index (χ3v) is 0. The van der Waals surface area contributed by atoms with Crippen molar-refractivity contribution in [2.75, 3.05) is 0 Å². The van der Waals surface area contributed by atoms with Crippen molar-refractivity contribution in [2.24, 2.45) is 0 Å². The molecule has 0 spiro atoms. The molecular weight excluding hydrogens is 346 g/mol. The van der Waals surface area contributed by atoms with Gasteiger partial charge in [-0.05, 0) is 0 Å². The van der Waals surface area contributed by atoms with E-state index >= 15 is 0 Å². The normalized spacial score (nSPS) is 9.67. The summed E-state index contributed by atoms with van der Waals surface area (Å²) in [7, 11) is -10.3. The van der Waals surface area contributed by atoms with Crippen LogP contribution in [0.4, 0.5) is 0 Å². The molecule has 0 atom stereocenters. The molecule has 0 aromatic carbocycles. The van der Waals surface area contributed by atoms with E-state index in [2.05, 4.69) is 0 Å². The van der Waals surface area contributed by atoms with E-state index in [4.69, 9.17) is 35.0 Å². The van der Waals surface area contributed by atoms with Crippen molar-refractivity contribution in [3.05, 3.63) is 0 Å². The molecule has 0 heterocycles. The minimum atomic E-state index is -5.17. The Labute approximate surface area is 103 Å². The molecule has 0 unspecified atom stereocenters. The molecule has 0 rings (SSSR count). The largest absolute Gasteiger partial charge is 3.00 e. The first-order chi connectivity index (χ1) is 4.00. The molecule has 9 nitrogen and oxygen atoms in total. The van der Waals surface area contributed by atoms with E-state index in [1.54, 1.807) is 0 Å². The molecule has 0 aromatic heterocycles. The van der Waals surface area contributed by atoms with Crippen LogP contribution in [-0.4, -0.2) is 35.0 Å². The molecule has 0 aliphatic carbocycles. The maximum Gasteiger partial charge on any atom is 3.00 e. The Balaban J connectivity index is -0.0000000457. The zero-order chi connectivity index (χ0) is 9.00. The van der Waals surface area contributed by atoms with Crippen LogP contribution in [0.5, 0.6) is 0 Å². The molecule has 12 heteroatoms. The van der Waals surface area contributed by atoms with Crippen LogP contribution in [0.25, 0.3) is 0 Å². The number of rotatable bonds is 0. The number of quaternary nitrogens is 1. The van der Waals surface area contributed by atoms with Gasteiger partial charge in [-0.3, -0.25) is 16.8 Å². The summed E-state index contributed by atoms with van der Waals surface area (Å²) in [6.45, 7) is 0. The van der Waals surface area contributed by atoms with Gasteiger partial charge in [0.05, 0.1) is 0 Å². The van der Waals surface area contributed by atoms with Gasteiger partial charge >= 0.3 is 41.7 Å². The molecule has 0 aromatic rings. The number of hydrogen-bond acceptors (Lipinski definition) is 8. The van der Waals surface area contributed by atoms with Gasteiger partial charge in [-0.1, -0.05) is 0 Å². The van der Waals surface area contributed by atoms with E-state index in [-0.39, 0.29) is 47.9 Å². The molecule has 73 valence electrons. The fraction of sp³-hybridized carbons (Fsp3) is 0. The standard InChI is InChI=1S/Ce.H3N.2H2O4S/c;;2*1-5(2,3)4/h;1H3;2*(H2,1,2,3,4)/q+3;;;/p-3. The van der Waals surface area contributed by atoms with Crippen molar-refractivity contribution in [3.8, 4) is 0 Å². The molecule has 0 fully saturated rings. The molecule has 1 radical (unpaired) electrons. The minimum absolute atomic E-state index is 0. The SMILES string of the molecule is O=S(=O)([O-])[O-].O=S(=O)([O-])[O-].[Ce+3].[NH4+]. The Morgan fingerprint density at radius 3 is 0.667 bits per heavy atom. The quantitative estimate of drug-likeness (QED) is 0.371. The fourth-order valence-electron chi connectivity index (χ4n) is 0. The summed E-state index contributed by atoms with van der Waals surface area (Å²) in [5, 5.41) is 0. The maximum atomic E-state index is 8.52. The Hall–Kier alpha value is 1.08. The van der Waals surface area contributed by atoms with E-state index in [0.717, 1.165) is 0 Å². The van der Waals surface area contributed by atoms with Crippen molar-refractivity contribution in [2.45, 2.75) is 0 Å². The molecular formula is H4CeNO8S2. The van der Waals surface area contributed by atoms with Gasteiger partial charge in [-0.25, -0.2) is 0 Å². The minimum Gasteiger partial charge on any atom is -0.759 e. The smallest absolute Gasteiger partial charge is 0.759 e. The van der Waals surface area contributed by atoms with Gasteiger partial charge < -0.3 is 24.4 Å². The van der Waals surface area contributed by atoms with Gasteiger partial charge in [0.2, 0.25) is 0 Å². The molecule has 0 saturated carbocycles. The summed E-state index contributed by atoms with van der Waals surface area (Å²) in [6.07, 6.45) is 0. The average molecular weight is 350 g/mol. The Morgan fingerprint density at radius 1 is 0.667 bits per heavy atom. The molecule has 0 bridgehead atoms. The summed E-state index contributed by atoms with van der Waals surface area (Å²) in [6, 6.07) is 0. The van der Waals surface area contributed by atoms with Gasteiger partial charge in [-0.15, -0.1) is 0 Å². The maximum absolute atomic E-state index is 8.52. The molecule has 12 heavy (non-hydrogen) atoms.